The second kappa shape index (κ2) is 4.73. The van der Waals surface area contributed by atoms with E-state index in [0.29, 0.717) is 0 Å². The van der Waals surface area contributed by atoms with Crippen LogP contribution in [0.2, 0.25) is 5.02 Å². The van der Waals surface area contributed by atoms with Crippen LogP contribution in [0.25, 0.3) is 0 Å². The molecule has 2 heterocycles. The van der Waals surface area contributed by atoms with Gasteiger partial charge in [0.25, 0.3) is 0 Å². The lowest BCUT2D eigenvalue weighted by Crippen LogP contribution is -1.87. The zero-order valence-corrected chi connectivity index (χ0v) is 11.3. The van der Waals surface area contributed by atoms with Gasteiger partial charge >= 0.3 is 0 Å². The maximum atomic E-state index is 6.06. The topological polar surface area (TPSA) is 13.1 Å². The van der Waals surface area contributed by atoms with Crippen LogP contribution < -0.4 is 0 Å². The summed E-state index contributed by atoms with van der Waals surface area (Å²) in [5, 5.41) is 2.77. The van der Waals surface area contributed by atoms with Gasteiger partial charge in [-0.25, -0.2) is 0 Å². The predicted octanol–water partition coefficient (Wildman–Crippen LogP) is 5.04. The molecular formula is C11H10BrClOS. The third-order valence-electron chi connectivity index (χ3n) is 2.16. The molecule has 15 heavy (non-hydrogen) atoms. The Kier molecular flexibility index (Phi) is 3.54. The van der Waals surface area contributed by atoms with Crippen molar-refractivity contribution < 1.29 is 4.42 Å². The first-order valence-corrected chi connectivity index (χ1v) is 6.85. The highest BCUT2D eigenvalue weighted by Gasteiger charge is 2.18. The molecule has 0 fully saturated rings. The molecule has 0 bridgehead atoms. The SMILES string of the molecule is CCc1ccc(C(Br)c2sccc2Cl)o1. The third kappa shape index (κ3) is 2.30. The van der Waals surface area contributed by atoms with Crippen LogP contribution in [0.4, 0.5) is 0 Å². The van der Waals surface area contributed by atoms with Crippen LogP contribution in [0.3, 0.4) is 0 Å². The van der Waals surface area contributed by atoms with Crippen molar-refractivity contribution in [3.63, 3.8) is 0 Å². The van der Waals surface area contributed by atoms with Crippen LogP contribution >= 0.6 is 38.9 Å². The van der Waals surface area contributed by atoms with Crippen molar-refractivity contribution >= 4 is 38.9 Å². The van der Waals surface area contributed by atoms with E-state index in [9.17, 15) is 0 Å². The maximum Gasteiger partial charge on any atom is 0.123 e. The van der Waals surface area contributed by atoms with Crippen molar-refractivity contribution in [3.05, 3.63) is 45.0 Å². The van der Waals surface area contributed by atoms with Gasteiger partial charge < -0.3 is 4.42 Å². The molecule has 0 spiro atoms. The van der Waals surface area contributed by atoms with Gasteiger partial charge in [-0.1, -0.05) is 34.5 Å². The Hall–Kier alpha value is -0.250. The van der Waals surface area contributed by atoms with Gasteiger partial charge in [-0.05, 0) is 23.6 Å². The number of hydrogen-bond acceptors (Lipinski definition) is 2. The van der Waals surface area contributed by atoms with Crippen molar-refractivity contribution in [2.24, 2.45) is 0 Å². The molecule has 4 heteroatoms. The summed E-state index contributed by atoms with van der Waals surface area (Å²) >= 11 is 11.3. The molecule has 80 valence electrons. The molecule has 0 aliphatic heterocycles. The van der Waals surface area contributed by atoms with E-state index < -0.39 is 0 Å². The van der Waals surface area contributed by atoms with Crippen molar-refractivity contribution in [1.82, 2.24) is 0 Å². The Bertz CT molecular complexity index is 449. The maximum absolute atomic E-state index is 6.06. The second-order valence-corrected chi connectivity index (χ2v) is 5.42. The van der Waals surface area contributed by atoms with Gasteiger partial charge in [0.2, 0.25) is 0 Å². The molecule has 1 unspecified atom stereocenters. The molecule has 1 nitrogen and oxygen atoms in total. The Morgan fingerprint density at radius 3 is 2.80 bits per heavy atom. The molecule has 0 aliphatic carbocycles. The monoisotopic (exact) mass is 304 g/mol. The summed E-state index contributed by atoms with van der Waals surface area (Å²) < 4.78 is 5.67. The summed E-state index contributed by atoms with van der Waals surface area (Å²) in [7, 11) is 0. The van der Waals surface area contributed by atoms with Crippen LogP contribution in [-0.2, 0) is 6.42 Å². The van der Waals surface area contributed by atoms with Gasteiger partial charge in [-0.3, -0.25) is 0 Å². The molecule has 0 saturated carbocycles. The molecule has 0 radical (unpaired) electrons. The van der Waals surface area contributed by atoms with Crippen molar-refractivity contribution in [2.45, 2.75) is 18.2 Å². The normalized spacial score (nSPS) is 13.0. The van der Waals surface area contributed by atoms with Crippen molar-refractivity contribution in [1.29, 1.82) is 0 Å². The summed E-state index contributed by atoms with van der Waals surface area (Å²) in [6.45, 7) is 2.07. The molecule has 1 atom stereocenters. The summed E-state index contributed by atoms with van der Waals surface area (Å²) in [6, 6.07) is 5.90. The Balaban J connectivity index is 2.28. The minimum atomic E-state index is 0.0605. The average Bonchev–Trinajstić information content (AvgIpc) is 2.84. The molecule has 2 aromatic rings. The van der Waals surface area contributed by atoms with Gasteiger partial charge in [0.1, 0.15) is 16.3 Å². The Morgan fingerprint density at radius 2 is 2.27 bits per heavy atom. The highest BCUT2D eigenvalue weighted by Crippen LogP contribution is 2.39. The zero-order chi connectivity index (χ0) is 10.8. The van der Waals surface area contributed by atoms with E-state index in [0.717, 1.165) is 27.8 Å². The van der Waals surface area contributed by atoms with E-state index in [1.807, 2.05) is 23.6 Å². The number of aryl methyl sites for hydroxylation is 1. The highest BCUT2D eigenvalue weighted by molar-refractivity contribution is 9.09. The fraction of sp³-hybridized carbons (Fsp3) is 0.273. The first-order chi connectivity index (χ1) is 7.22. The van der Waals surface area contributed by atoms with E-state index >= 15 is 0 Å². The first-order valence-electron chi connectivity index (χ1n) is 4.68. The molecule has 0 saturated heterocycles. The van der Waals surface area contributed by atoms with Crippen LogP contribution in [-0.4, -0.2) is 0 Å². The second-order valence-electron chi connectivity index (χ2n) is 3.15. The fourth-order valence-corrected chi connectivity index (χ4v) is 3.43. The van der Waals surface area contributed by atoms with E-state index in [4.69, 9.17) is 16.0 Å². The van der Waals surface area contributed by atoms with Crippen LogP contribution in [0.1, 0.15) is 28.1 Å². The van der Waals surface area contributed by atoms with Gasteiger partial charge in [-0.2, -0.15) is 0 Å². The minimum absolute atomic E-state index is 0.0605. The molecule has 0 aliphatic rings. The number of halogens is 2. The summed E-state index contributed by atoms with van der Waals surface area (Å²) in [5.74, 6) is 1.92. The number of furan rings is 1. The lowest BCUT2D eigenvalue weighted by molar-refractivity contribution is 0.478. The highest BCUT2D eigenvalue weighted by atomic mass is 79.9. The zero-order valence-electron chi connectivity index (χ0n) is 8.17. The predicted molar refractivity (Wildman–Crippen MR) is 68.2 cm³/mol. The lowest BCUT2D eigenvalue weighted by atomic mass is 10.3. The molecule has 0 aromatic carbocycles. The van der Waals surface area contributed by atoms with Crippen molar-refractivity contribution in [3.8, 4) is 0 Å². The third-order valence-corrected chi connectivity index (χ3v) is 4.79. The first kappa shape index (κ1) is 11.2. The van der Waals surface area contributed by atoms with Gasteiger partial charge in [-0.15, -0.1) is 11.3 Å². The molecule has 2 aromatic heterocycles. The molecule has 2 rings (SSSR count). The standard InChI is InChI=1S/C11H10BrClOS/c1-2-7-3-4-9(14-7)10(12)11-8(13)5-6-15-11/h3-6,10H,2H2,1H3. The summed E-state index contributed by atoms with van der Waals surface area (Å²) in [6.07, 6.45) is 0.915. The minimum Gasteiger partial charge on any atom is -0.465 e. The quantitative estimate of drug-likeness (QED) is 0.724. The van der Waals surface area contributed by atoms with E-state index in [1.165, 1.54) is 0 Å². The molecule has 0 amide bonds. The lowest BCUT2D eigenvalue weighted by Gasteiger charge is -2.04. The number of rotatable bonds is 3. The van der Waals surface area contributed by atoms with E-state index in [1.54, 1.807) is 11.3 Å². The van der Waals surface area contributed by atoms with Crippen LogP contribution in [0, 0.1) is 0 Å². The fourth-order valence-electron chi connectivity index (χ4n) is 1.34. The molecule has 0 N–H and O–H groups in total. The van der Waals surface area contributed by atoms with Crippen LogP contribution in [0.15, 0.2) is 28.0 Å². The van der Waals surface area contributed by atoms with Gasteiger partial charge in [0, 0.05) is 11.3 Å². The summed E-state index contributed by atoms with van der Waals surface area (Å²) in [4.78, 5) is 1.15. The number of alkyl halides is 1. The molecular weight excluding hydrogens is 296 g/mol. The number of hydrogen-bond donors (Lipinski definition) is 0. The van der Waals surface area contributed by atoms with Crippen molar-refractivity contribution in [2.75, 3.05) is 0 Å². The largest absolute Gasteiger partial charge is 0.465 e. The number of thiophene rings is 1. The summed E-state index contributed by atoms with van der Waals surface area (Å²) in [5.41, 5.74) is 0. The van der Waals surface area contributed by atoms with Gasteiger partial charge in [0.05, 0.1) is 5.02 Å². The van der Waals surface area contributed by atoms with E-state index in [-0.39, 0.29) is 4.83 Å². The smallest absolute Gasteiger partial charge is 0.123 e. The van der Waals surface area contributed by atoms with E-state index in [2.05, 4.69) is 22.9 Å². The van der Waals surface area contributed by atoms with Crippen LogP contribution in [0.5, 0.6) is 0 Å². The average molecular weight is 306 g/mol. The Morgan fingerprint density at radius 1 is 1.47 bits per heavy atom. The van der Waals surface area contributed by atoms with Gasteiger partial charge in [0.15, 0.2) is 0 Å². The Labute approximate surface area is 106 Å².